The van der Waals surface area contributed by atoms with Crippen LogP contribution in [0.2, 0.25) is 0 Å². The van der Waals surface area contributed by atoms with Gasteiger partial charge in [0.05, 0.1) is 6.54 Å². The molecule has 1 N–H and O–H groups in total. The van der Waals surface area contributed by atoms with E-state index in [4.69, 9.17) is 4.74 Å². The van der Waals surface area contributed by atoms with Gasteiger partial charge in [-0.2, -0.15) is 0 Å². The predicted octanol–water partition coefficient (Wildman–Crippen LogP) is 2.03. The van der Waals surface area contributed by atoms with Crippen LogP contribution in [0.5, 0.6) is 5.75 Å². The van der Waals surface area contributed by atoms with Gasteiger partial charge in [0.2, 0.25) is 11.8 Å². The van der Waals surface area contributed by atoms with E-state index in [1.165, 1.54) is 0 Å². The molecule has 0 saturated heterocycles. The number of ether oxygens (including phenoxy) is 1. The maximum Gasteiger partial charge on any atom is 0.222 e. The Kier molecular flexibility index (Phi) is 4.84. The average Bonchev–Trinajstić information content (AvgIpc) is 3.37. The van der Waals surface area contributed by atoms with Crippen LogP contribution < -0.4 is 10.1 Å². The Labute approximate surface area is 137 Å². The number of benzene rings is 1. The number of rotatable bonds is 5. The van der Waals surface area contributed by atoms with E-state index in [1.807, 2.05) is 24.0 Å². The minimum atomic E-state index is 0.126. The molecule has 2 aliphatic rings. The Morgan fingerprint density at radius 2 is 2.17 bits per heavy atom. The predicted molar refractivity (Wildman–Crippen MR) is 87.1 cm³/mol. The fourth-order valence-electron chi connectivity index (χ4n) is 2.83. The van der Waals surface area contributed by atoms with Gasteiger partial charge in [0.15, 0.2) is 0 Å². The smallest absolute Gasteiger partial charge is 0.222 e. The highest BCUT2D eigenvalue weighted by Crippen LogP contribution is 2.25. The fourth-order valence-corrected chi connectivity index (χ4v) is 2.83. The van der Waals surface area contributed by atoms with Crippen LogP contribution in [-0.2, 0) is 22.6 Å². The van der Waals surface area contributed by atoms with Crippen LogP contribution in [-0.4, -0.2) is 35.9 Å². The van der Waals surface area contributed by atoms with Crippen molar-refractivity contribution in [2.24, 2.45) is 0 Å². The van der Waals surface area contributed by atoms with Crippen LogP contribution in [0.25, 0.3) is 0 Å². The molecule has 3 rings (SSSR count). The highest BCUT2D eigenvalue weighted by molar-refractivity contribution is 5.77. The summed E-state index contributed by atoms with van der Waals surface area (Å²) in [5, 5.41) is 3.01. The second kappa shape index (κ2) is 7.02. The number of fused-ring (bicyclic) bond motifs is 1. The molecule has 1 aliphatic heterocycles. The van der Waals surface area contributed by atoms with Crippen molar-refractivity contribution >= 4 is 11.8 Å². The van der Waals surface area contributed by atoms with Gasteiger partial charge >= 0.3 is 0 Å². The summed E-state index contributed by atoms with van der Waals surface area (Å²) in [7, 11) is 0. The molecule has 1 aromatic rings. The van der Waals surface area contributed by atoms with Crippen molar-refractivity contribution in [2.75, 3.05) is 13.2 Å². The maximum absolute atomic E-state index is 12.0. The van der Waals surface area contributed by atoms with Crippen molar-refractivity contribution < 1.29 is 14.3 Å². The molecule has 2 amide bonds. The number of carbonyl (C=O) groups excluding carboxylic acids is 2. The largest absolute Gasteiger partial charge is 0.491 e. The van der Waals surface area contributed by atoms with Crippen LogP contribution in [0, 0.1) is 0 Å². The Morgan fingerprint density at radius 1 is 1.35 bits per heavy atom. The zero-order valence-corrected chi connectivity index (χ0v) is 13.6. The summed E-state index contributed by atoms with van der Waals surface area (Å²) in [5.74, 6) is 1.12. The number of hydrogen-bond acceptors (Lipinski definition) is 3. The maximum atomic E-state index is 12.0. The molecular weight excluding hydrogens is 292 g/mol. The molecule has 124 valence electrons. The lowest BCUT2D eigenvalue weighted by molar-refractivity contribution is -0.131. The van der Waals surface area contributed by atoms with E-state index < -0.39 is 0 Å². The van der Waals surface area contributed by atoms with Crippen LogP contribution >= 0.6 is 0 Å². The Bertz CT molecular complexity index is 596. The van der Waals surface area contributed by atoms with E-state index in [-0.39, 0.29) is 11.8 Å². The second-order valence-corrected chi connectivity index (χ2v) is 6.30. The monoisotopic (exact) mass is 316 g/mol. The molecule has 0 aromatic heterocycles. The van der Waals surface area contributed by atoms with E-state index in [0.29, 0.717) is 45.0 Å². The van der Waals surface area contributed by atoms with Gasteiger partial charge in [0.1, 0.15) is 12.4 Å². The van der Waals surface area contributed by atoms with Gasteiger partial charge in [-0.25, -0.2) is 0 Å². The lowest BCUT2D eigenvalue weighted by atomic mass is 10.0. The molecule has 1 saturated carbocycles. The molecule has 1 heterocycles. The molecule has 0 unspecified atom stereocenters. The van der Waals surface area contributed by atoms with Crippen LogP contribution in [0.15, 0.2) is 18.2 Å². The van der Waals surface area contributed by atoms with Gasteiger partial charge in [0, 0.05) is 31.0 Å². The van der Waals surface area contributed by atoms with E-state index in [0.717, 1.165) is 29.7 Å². The highest BCUT2D eigenvalue weighted by Gasteiger charge is 2.23. The summed E-state index contributed by atoms with van der Waals surface area (Å²) in [6, 6.07) is 6.46. The minimum absolute atomic E-state index is 0.126. The van der Waals surface area contributed by atoms with E-state index >= 15 is 0 Å². The van der Waals surface area contributed by atoms with Gasteiger partial charge in [-0.15, -0.1) is 0 Å². The fraction of sp³-hybridized carbons (Fsp3) is 0.556. The molecule has 23 heavy (non-hydrogen) atoms. The third-order valence-corrected chi connectivity index (χ3v) is 4.34. The van der Waals surface area contributed by atoms with Gasteiger partial charge in [-0.3, -0.25) is 9.59 Å². The summed E-state index contributed by atoms with van der Waals surface area (Å²) >= 11 is 0. The quantitative estimate of drug-likeness (QED) is 0.904. The van der Waals surface area contributed by atoms with Crippen molar-refractivity contribution in [3.8, 4) is 5.75 Å². The second-order valence-electron chi connectivity index (χ2n) is 6.30. The SMILES string of the molecule is CCC(=O)N1CCOc2ccc(CCC(=O)NC3CC3)cc2C1. The van der Waals surface area contributed by atoms with Crippen molar-refractivity contribution in [1.82, 2.24) is 10.2 Å². The standard InChI is InChI=1S/C18H24N2O3/c1-2-18(22)20-9-10-23-16-7-3-13(11-14(16)12-20)4-8-17(21)19-15-5-6-15/h3,7,11,15H,2,4-6,8-10,12H2,1H3,(H,19,21). The molecule has 0 bridgehead atoms. The first-order valence-corrected chi connectivity index (χ1v) is 8.47. The summed E-state index contributed by atoms with van der Waals surface area (Å²) in [6.07, 6.45) is 3.96. The van der Waals surface area contributed by atoms with Gasteiger partial charge in [-0.1, -0.05) is 19.1 Å². The number of nitrogens with one attached hydrogen (secondary N) is 1. The number of aryl methyl sites for hydroxylation is 1. The van der Waals surface area contributed by atoms with Gasteiger partial charge in [-0.05, 0) is 30.9 Å². The first-order valence-electron chi connectivity index (χ1n) is 8.47. The van der Waals surface area contributed by atoms with Crippen LogP contribution in [0.3, 0.4) is 0 Å². The molecule has 1 aromatic carbocycles. The first kappa shape index (κ1) is 15.8. The van der Waals surface area contributed by atoms with E-state index in [9.17, 15) is 9.59 Å². The lowest BCUT2D eigenvalue weighted by Crippen LogP contribution is -2.31. The first-order chi connectivity index (χ1) is 11.2. The topological polar surface area (TPSA) is 58.6 Å². The lowest BCUT2D eigenvalue weighted by Gasteiger charge is -2.19. The van der Waals surface area contributed by atoms with Crippen molar-refractivity contribution in [2.45, 2.75) is 51.6 Å². The summed E-state index contributed by atoms with van der Waals surface area (Å²) < 4.78 is 5.74. The number of carbonyl (C=O) groups is 2. The summed E-state index contributed by atoms with van der Waals surface area (Å²) in [6.45, 7) is 3.62. The highest BCUT2D eigenvalue weighted by atomic mass is 16.5. The Balaban J connectivity index is 1.63. The van der Waals surface area contributed by atoms with Crippen molar-refractivity contribution in [3.63, 3.8) is 0 Å². The third-order valence-electron chi connectivity index (χ3n) is 4.34. The molecular formula is C18H24N2O3. The molecule has 0 spiro atoms. The van der Waals surface area contributed by atoms with Crippen LogP contribution in [0.1, 0.15) is 43.7 Å². The zero-order valence-electron chi connectivity index (χ0n) is 13.6. The molecule has 0 radical (unpaired) electrons. The molecule has 1 fully saturated rings. The molecule has 0 atom stereocenters. The number of amides is 2. The molecule has 1 aliphatic carbocycles. The third kappa shape index (κ3) is 4.24. The summed E-state index contributed by atoms with van der Waals surface area (Å²) in [5.41, 5.74) is 2.15. The Hall–Kier alpha value is -2.04. The number of nitrogens with zero attached hydrogens (tertiary/aromatic N) is 1. The number of hydrogen-bond donors (Lipinski definition) is 1. The average molecular weight is 316 g/mol. The van der Waals surface area contributed by atoms with Gasteiger partial charge < -0.3 is 15.0 Å². The molecule has 5 nitrogen and oxygen atoms in total. The van der Waals surface area contributed by atoms with Crippen LogP contribution in [0.4, 0.5) is 0 Å². The van der Waals surface area contributed by atoms with E-state index in [1.54, 1.807) is 0 Å². The zero-order chi connectivity index (χ0) is 16.2. The minimum Gasteiger partial charge on any atom is -0.491 e. The summed E-state index contributed by atoms with van der Waals surface area (Å²) in [4.78, 5) is 25.6. The molecule has 5 heteroatoms. The Morgan fingerprint density at radius 3 is 2.91 bits per heavy atom. The van der Waals surface area contributed by atoms with Crippen molar-refractivity contribution in [1.29, 1.82) is 0 Å². The van der Waals surface area contributed by atoms with E-state index in [2.05, 4.69) is 11.4 Å². The normalized spacial score (nSPS) is 17.0. The van der Waals surface area contributed by atoms with Gasteiger partial charge in [0.25, 0.3) is 0 Å². The van der Waals surface area contributed by atoms with Crippen molar-refractivity contribution in [3.05, 3.63) is 29.3 Å².